The average Bonchev–Trinajstić information content (AvgIpc) is 2.83. The molecule has 178 valence electrons. The van der Waals surface area contributed by atoms with E-state index in [0.717, 1.165) is 42.4 Å². The summed E-state index contributed by atoms with van der Waals surface area (Å²) in [5, 5.41) is 4.94. The zero-order valence-corrected chi connectivity index (χ0v) is 20.3. The minimum atomic E-state index is -3.72. The fraction of sp³-hybridized carbons (Fsp3) is 0.480. The van der Waals surface area contributed by atoms with Crippen molar-refractivity contribution in [2.75, 3.05) is 38.2 Å². The summed E-state index contributed by atoms with van der Waals surface area (Å²) in [5.41, 5.74) is 4.04. The van der Waals surface area contributed by atoms with Gasteiger partial charge in [-0.2, -0.15) is 0 Å². The Balaban J connectivity index is 1.70. The van der Waals surface area contributed by atoms with Crippen molar-refractivity contribution in [3.63, 3.8) is 0 Å². The van der Waals surface area contributed by atoms with Crippen LogP contribution in [0.25, 0.3) is 0 Å². The first kappa shape index (κ1) is 23.9. The van der Waals surface area contributed by atoms with Crippen molar-refractivity contribution in [3.8, 4) is 0 Å². The molecule has 2 aromatic rings. The molecule has 4 rings (SSSR count). The molecule has 1 amide bonds. The van der Waals surface area contributed by atoms with Crippen LogP contribution in [-0.4, -0.2) is 56.6 Å². The Morgan fingerprint density at radius 1 is 1.06 bits per heavy atom. The highest BCUT2D eigenvalue weighted by atomic mass is 32.2. The molecular formula is C25H33N3O4S. The SMILES string of the molecule is CCCN(N1CCOCC1)S(=O)(=O)c1ccc(NC(=O)c2ccccc2C)c2c1CCCC2. The zero-order valence-electron chi connectivity index (χ0n) is 19.5. The fourth-order valence-electron chi connectivity index (χ4n) is 4.71. The van der Waals surface area contributed by atoms with Gasteiger partial charge in [0.15, 0.2) is 0 Å². The van der Waals surface area contributed by atoms with E-state index in [1.54, 1.807) is 18.2 Å². The van der Waals surface area contributed by atoms with E-state index >= 15 is 0 Å². The Labute approximate surface area is 196 Å². The number of carbonyl (C=O) groups is 1. The molecule has 0 saturated carbocycles. The molecule has 1 heterocycles. The van der Waals surface area contributed by atoms with Crippen molar-refractivity contribution in [2.45, 2.75) is 50.8 Å². The lowest BCUT2D eigenvalue weighted by Crippen LogP contribution is -2.51. The molecule has 0 unspecified atom stereocenters. The topological polar surface area (TPSA) is 79.0 Å². The number of hydrazine groups is 1. The standard InChI is InChI=1S/C25H33N3O4S/c1-3-14-28(27-15-17-32-18-16-27)33(30,31)24-13-12-23(21-10-6-7-11-22(21)24)26-25(29)20-9-5-4-8-19(20)2/h4-5,8-9,12-13H,3,6-7,10-11,14-18H2,1-2H3,(H,26,29). The summed E-state index contributed by atoms with van der Waals surface area (Å²) in [6.45, 7) is 6.51. The number of hydrogen-bond acceptors (Lipinski definition) is 5. The maximum Gasteiger partial charge on any atom is 0.256 e. The maximum absolute atomic E-state index is 13.8. The van der Waals surface area contributed by atoms with E-state index < -0.39 is 10.0 Å². The van der Waals surface area contributed by atoms with Crippen molar-refractivity contribution >= 4 is 21.6 Å². The molecule has 0 spiro atoms. The van der Waals surface area contributed by atoms with Gasteiger partial charge in [-0.1, -0.05) is 25.1 Å². The molecule has 1 aliphatic carbocycles. The van der Waals surface area contributed by atoms with E-state index in [9.17, 15) is 13.2 Å². The van der Waals surface area contributed by atoms with E-state index in [2.05, 4.69) is 5.32 Å². The first-order valence-electron chi connectivity index (χ1n) is 11.8. The number of hydrogen-bond donors (Lipinski definition) is 1. The lowest BCUT2D eigenvalue weighted by atomic mass is 9.90. The first-order chi connectivity index (χ1) is 15.9. The molecule has 7 nitrogen and oxygen atoms in total. The van der Waals surface area contributed by atoms with Crippen LogP contribution in [0.3, 0.4) is 0 Å². The Morgan fingerprint density at radius 2 is 1.76 bits per heavy atom. The molecule has 0 atom stereocenters. The minimum Gasteiger partial charge on any atom is -0.379 e. The Bertz CT molecular complexity index is 1110. The quantitative estimate of drug-likeness (QED) is 0.665. The van der Waals surface area contributed by atoms with Crippen molar-refractivity contribution in [1.82, 2.24) is 9.42 Å². The molecule has 1 aliphatic heterocycles. The van der Waals surface area contributed by atoms with E-state index in [1.165, 1.54) is 4.41 Å². The third-order valence-corrected chi connectivity index (χ3v) is 8.31. The Morgan fingerprint density at radius 3 is 2.45 bits per heavy atom. The predicted octanol–water partition coefficient (Wildman–Crippen LogP) is 3.77. The number of ether oxygens (including phenoxy) is 1. The summed E-state index contributed by atoms with van der Waals surface area (Å²) in [5.74, 6) is -0.169. The lowest BCUT2D eigenvalue weighted by Gasteiger charge is -2.37. The van der Waals surface area contributed by atoms with Crippen molar-refractivity contribution in [3.05, 3.63) is 58.7 Å². The van der Waals surface area contributed by atoms with Gasteiger partial charge in [0.1, 0.15) is 0 Å². The highest BCUT2D eigenvalue weighted by Gasteiger charge is 2.34. The van der Waals surface area contributed by atoms with E-state index in [1.807, 2.05) is 37.1 Å². The summed E-state index contributed by atoms with van der Waals surface area (Å²) < 4.78 is 34.7. The van der Waals surface area contributed by atoms with Gasteiger partial charge in [0, 0.05) is 30.9 Å². The predicted molar refractivity (Wildman–Crippen MR) is 129 cm³/mol. The van der Waals surface area contributed by atoms with Crippen LogP contribution in [0.5, 0.6) is 0 Å². The molecule has 0 bridgehead atoms. The number of anilines is 1. The number of benzene rings is 2. The molecule has 2 aliphatic rings. The van der Waals surface area contributed by atoms with Gasteiger partial charge in [-0.3, -0.25) is 4.79 Å². The van der Waals surface area contributed by atoms with Crippen LogP contribution < -0.4 is 5.32 Å². The number of carbonyl (C=O) groups excluding carboxylic acids is 1. The van der Waals surface area contributed by atoms with E-state index in [4.69, 9.17) is 4.74 Å². The van der Waals surface area contributed by atoms with Gasteiger partial charge in [-0.25, -0.2) is 13.4 Å². The van der Waals surface area contributed by atoms with Gasteiger partial charge in [0.2, 0.25) is 0 Å². The van der Waals surface area contributed by atoms with Crippen LogP contribution in [0.1, 0.15) is 53.2 Å². The summed E-state index contributed by atoms with van der Waals surface area (Å²) >= 11 is 0. The van der Waals surface area contributed by atoms with Crippen molar-refractivity contribution in [2.24, 2.45) is 0 Å². The second kappa shape index (κ2) is 10.3. The van der Waals surface area contributed by atoms with E-state index in [0.29, 0.717) is 55.4 Å². The molecule has 0 radical (unpaired) electrons. The van der Waals surface area contributed by atoms with Gasteiger partial charge in [0.05, 0.1) is 18.1 Å². The highest BCUT2D eigenvalue weighted by Crippen LogP contribution is 2.35. The number of sulfonamides is 1. The number of aryl methyl sites for hydroxylation is 1. The van der Waals surface area contributed by atoms with Crippen LogP contribution in [0.2, 0.25) is 0 Å². The summed E-state index contributed by atoms with van der Waals surface area (Å²) in [4.78, 5) is 13.3. The molecular weight excluding hydrogens is 438 g/mol. The van der Waals surface area contributed by atoms with Gasteiger partial charge >= 0.3 is 0 Å². The van der Waals surface area contributed by atoms with Crippen LogP contribution in [0, 0.1) is 6.92 Å². The third-order valence-electron chi connectivity index (χ3n) is 6.40. The number of nitrogens with one attached hydrogen (secondary N) is 1. The molecule has 33 heavy (non-hydrogen) atoms. The van der Waals surface area contributed by atoms with Crippen LogP contribution in [-0.2, 0) is 27.6 Å². The first-order valence-corrected chi connectivity index (χ1v) is 13.2. The number of rotatable bonds is 7. The van der Waals surface area contributed by atoms with Gasteiger partial charge in [-0.15, -0.1) is 4.41 Å². The summed E-state index contributed by atoms with van der Waals surface area (Å²) in [6.07, 6.45) is 4.10. The average molecular weight is 472 g/mol. The van der Waals surface area contributed by atoms with Gasteiger partial charge < -0.3 is 10.1 Å². The monoisotopic (exact) mass is 471 g/mol. The summed E-state index contributed by atoms with van der Waals surface area (Å²) in [6, 6.07) is 10.9. The van der Waals surface area contributed by atoms with E-state index in [-0.39, 0.29) is 5.91 Å². The second-order valence-corrected chi connectivity index (χ2v) is 10.5. The van der Waals surface area contributed by atoms with Gasteiger partial charge in [0.25, 0.3) is 15.9 Å². The largest absolute Gasteiger partial charge is 0.379 e. The maximum atomic E-state index is 13.8. The molecule has 1 saturated heterocycles. The zero-order chi connectivity index (χ0) is 23.4. The molecule has 1 fully saturated rings. The third kappa shape index (κ3) is 4.99. The number of fused-ring (bicyclic) bond motifs is 1. The van der Waals surface area contributed by atoms with Crippen molar-refractivity contribution < 1.29 is 17.9 Å². The van der Waals surface area contributed by atoms with Crippen LogP contribution in [0.4, 0.5) is 5.69 Å². The number of nitrogens with zero attached hydrogens (tertiary/aromatic N) is 2. The Hall–Kier alpha value is -2.26. The van der Waals surface area contributed by atoms with Crippen molar-refractivity contribution in [1.29, 1.82) is 0 Å². The minimum absolute atomic E-state index is 0.169. The highest BCUT2D eigenvalue weighted by molar-refractivity contribution is 7.89. The normalized spacial score (nSPS) is 17.1. The fourth-order valence-corrected chi connectivity index (χ4v) is 6.60. The number of amides is 1. The smallest absolute Gasteiger partial charge is 0.256 e. The molecule has 8 heteroatoms. The van der Waals surface area contributed by atoms with Crippen LogP contribution in [0.15, 0.2) is 41.3 Å². The van der Waals surface area contributed by atoms with Crippen LogP contribution >= 0.6 is 0 Å². The summed E-state index contributed by atoms with van der Waals surface area (Å²) in [7, 11) is -3.72. The van der Waals surface area contributed by atoms with Gasteiger partial charge in [-0.05, 0) is 73.9 Å². The Kier molecular flexibility index (Phi) is 7.48. The molecule has 2 aromatic carbocycles. The number of morpholine rings is 1. The molecule has 1 N–H and O–H groups in total. The lowest BCUT2D eigenvalue weighted by molar-refractivity contribution is -0.0418. The second-order valence-electron chi connectivity index (χ2n) is 8.66. The molecule has 0 aromatic heterocycles.